The van der Waals surface area contributed by atoms with Gasteiger partial charge in [0.25, 0.3) is 0 Å². The maximum absolute atomic E-state index is 13.4. The Morgan fingerprint density at radius 3 is 2.58 bits per heavy atom. The molecule has 0 saturated heterocycles. The Balaban J connectivity index is 1.73. The average molecular weight is 493 g/mol. The third kappa shape index (κ3) is 5.88. The first-order valence-corrected chi connectivity index (χ1v) is 11.7. The molecule has 188 valence electrons. The summed E-state index contributed by atoms with van der Waals surface area (Å²) in [5, 5.41) is 8.16. The van der Waals surface area contributed by atoms with Crippen LogP contribution in [0.5, 0.6) is 0 Å². The lowest BCUT2D eigenvalue weighted by molar-refractivity contribution is -0.145. The van der Waals surface area contributed by atoms with Crippen molar-refractivity contribution in [1.29, 1.82) is 0 Å². The summed E-state index contributed by atoms with van der Waals surface area (Å²) < 4.78 is 10.7. The van der Waals surface area contributed by atoms with Crippen LogP contribution in [-0.2, 0) is 43.2 Å². The van der Waals surface area contributed by atoms with Gasteiger partial charge in [0.05, 0.1) is 7.11 Å². The Labute approximate surface area is 207 Å². The minimum absolute atomic E-state index is 0.152. The van der Waals surface area contributed by atoms with Crippen LogP contribution in [0, 0.1) is 0 Å². The van der Waals surface area contributed by atoms with E-state index in [1.807, 2.05) is 36.4 Å². The summed E-state index contributed by atoms with van der Waals surface area (Å²) in [6, 6.07) is 11.6. The first kappa shape index (κ1) is 24.9. The number of ether oxygens (including phenoxy) is 1. The summed E-state index contributed by atoms with van der Waals surface area (Å²) in [6.45, 7) is 1.32. The number of hydrogen-bond acceptors (Lipinski definition) is 7. The molecule has 1 aromatic heterocycles. The van der Waals surface area contributed by atoms with Crippen molar-refractivity contribution in [2.45, 2.75) is 50.7 Å². The lowest BCUT2D eigenvalue weighted by Gasteiger charge is -2.25. The predicted octanol–water partition coefficient (Wildman–Crippen LogP) is 1.21. The maximum Gasteiger partial charge on any atom is 0.328 e. The van der Waals surface area contributed by atoms with Crippen molar-refractivity contribution in [1.82, 2.24) is 20.9 Å². The van der Waals surface area contributed by atoms with Crippen molar-refractivity contribution < 1.29 is 28.3 Å². The minimum Gasteiger partial charge on any atom is -0.467 e. The fraction of sp³-hybridized carbons (Fsp3) is 0.346. The molecular formula is C26H28N4O6. The second-order valence-electron chi connectivity index (χ2n) is 8.70. The van der Waals surface area contributed by atoms with E-state index >= 15 is 0 Å². The molecule has 0 aliphatic carbocycles. The summed E-state index contributed by atoms with van der Waals surface area (Å²) in [4.78, 5) is 55.6. The molecule has 36 heavy (non-hydrogen) atoms. The number of nitrogens with one attached hydrogen (secondary N) is 3. The van der Waals surface area contributed by atoms with Crippen LogP contribution in [0.3, 0.4) is 0 Å². The van der Waals surface area contributed by atoms with Crippen LogP contribution in [0.4, 0.5) is 0 Å². The maximum atomic E-state index is 13.4. The molecule has 0 radical (unpaired) electrons. The van der Waals surface area contributed by atoms with Crippen molar-refractivity contribution >= 4 is 34.8 Å². The number of aryl methyl sites for hydroxylation is 1. The number of para-hydroxylation sites is 1. The van der Waals surface area contributed by atoms with Crippen LogP contribution < -0.4 is 16.0 Å². The van der Waals surface area contributed by atoms with Crippen molar-refractivity contribution in [3.63, 3.8) is 0 Å². The van der Waals surface area contributed by atoms with Gasteiger partial charge in [0.15, 0.2) is 11.5 Å². The van der Waals surface area contributed by atoms with Gasteiger partial charge in [-0.2, -0.15) is 0 Å². The van der Waals surface area contributed by atoms with Crippen molar-refractivity contribution in [2.24, 2.45) is 0 Å². The zero-order valence-corrected chi connectivity index (χ0v) is 20.1. The van der Waals surface area contributed by atoms with Crippen molar-refractivity contribution in [3.05, 3.63) is 65.5 Å². The Hall–Kier alpha value is -4.21. The molecule has 10 nitrogen and oxygen atoms in total. The smallest absolute Gasteiger partial charge is 0.328 e. The highest BCUT2D eigenvalue weighted by Gasteiger charge is 2.31. The van der Waals surface area contributed by atoms with Gasteiger partial charge in [-0.15, -0.1) is 0 Å². The van der Waals surface area contributed by atoms with Crippen LogP contribution in [-0.4, -0.2) is 53.9 Å². The fourth-order valence-corrected chi connectivity index (χ4v) is 4.26. The highest BCUT2D eigenvalue weighted by Crippen LogP contribution is 2.22. The summed E-state index contributed by atoms with van der Waals surface area (Å²) in [5.41, 5.74) is 2.63. The normalized spacial score (nSPS) is 20.8. The predicted molar refractivity (Wildman–Crippen MR) is 130 cm³/mol. The first-order valence-electron chi connectivity index (χ1n) is 11.7. The highest BCUT2D eigenvalue weighted by atomic mass is 16.5. The molecule has 2 bridgehead atoms. The lowest BCUT2D eigenvalue weighted by Crippen LogP contribution is -2.57. The summed E-state index contributed by atoms with van der Waals surface area (Å²) in [7, 11) is 1.24. The SMILES string of the molecule is COC(=O)[C@@H]1CCc2nc3c(cccc3o2)C[C@H](NC(C)=O)C(=O)N[C@@H](Cc2ccccc2)C(=O)N1. The number of nitrogens with zero attached hydrogens (tertiary/aromatic N) is 1. The van der Waals surface area contributed by atoms with E-state index in [9.17, 15) is 19.2 Å². The number of methoxy groups -OCH3 is 1. The molecular weight excluding hydrogens is 464 g/mol. The van der Waals surface area contributed by atoms with E-state index in [-0.39, 0.29) is 31.6 Å². The van der Waals surface area contributed by atoms with Gasteiger partial charge >= 0.3 is 5.97 Å². The van der Waals surface area contributed by atoms with Gasteiger partial charge in [-0.05, 0) is 23.6 Å². The van der Waals surface area contributed by atoms with Gasteiger partial charge in [0, 0.05) is 26.2 Å². The standard InChI is InChI=1S/C26H28N4O6/c1-15(31)27-20-14-17-9-6-10-21-23(17)30-22(36-21)12-11-18(26(34)35-2)28-24(32)19(29-25(20)33)13-16-7-4-3-5-8-16/h3-10,18-20H,11-14H2,1-2H3,(H,27,31)(H,28,32)(H,29,33)/t18-,19-,20-/m0/s1. The first-order chi connectivity index (χ1) is 17.3. The van der Waals surface area contributed by atoms with E-state index in [0.29, 0.717) is 22.6 Å². The molecule has 0 fully saturated rings. The number of aromatic nitrogens is 1. The van der Waals surface area contributed by atoms with Gasteiger partial charge in [-0.25, -0.2) is 9.78 Å². The largest absolute Gasteiger partial charge is 0.467 e. The molecule has 3 atom stereocenters. The quantitative estimate of drug-likeness (QED) is 0.465. The third-order valence-electron chi connectivity index (χ3n) is 6.03. The third-order valence-corrected chi connectivity index (χ3v) is 6.03. The van der Waals surface area contributed by atoms with Gasteiger partial charge in [0.1, 0.15) is 23.6 Å². The number of hydrogen-bond donors (Lipinski definition) is 3. The number of carbonyl (C=O) groups excluding carboxylic acids is 4. The second-order valence-corrected chi connectivity index (χ2v) is 8.70. The summed E-state index contributed by atoms with van der Waals surface area (Å²) in [6.07, 6.45) is 0.814. The van der Waals surface area contributed by atoms with E-state index < -0.39 is 35.9 Å². The number of benzene rings is 2. The van der Waals surface area contributed by atoms with E-state index in [2.05, 4.69) is 20.9 Å². The molecule has 0 spiro atoms. The number of amides is 3. The molecule has 2 aromatic carbocycles. The molecule has 4 rings (SSSR count). The molecule has 3 aromatic rings. The number of rotatable bonds is 4. The Bertz CT molecular complexity index is 1270. The number of esters is 1. The monoisotopic (exact) mass is 492 g/mol. The van der Waals surface area contributed by atoms with E-state index in [0.717, 1.165) is 5.56 Å². The molecule has 0 unspecified atom stereocenters. The van der Waals surface area contributed by atoms with Crippen LogP contribution in [0.15, 0.2) is 52.9 Å². The Kier molecular flexibility index (Phi) is 7.62. The second kappa shape index (κ2) is 11.0. The van der Waals surface area contributed by atoms with E-state index in [1.54, 1.807) is 12.1 Å². The van der Waals surface area contributed by atoms with Crippen molar-refractivity contribution in [2.75, 3.05) is 7.11 Å². The average Bonchev–Trinajstić information content (AvgIpc) is 3.29. The van der Waals surface area contributed by atoms with Gasteiger partial charge < -0.3 is 25.1 Å². The zero-order chi connectivity index (χ0) is 25.7. The van der Waals surface area contributed by atoms with Crippen molar-refractivity contribution in [3.8, 4) is 0 Å². The lowest BCUT2D eigenvalue weighted by atomic mass is 10.0. The van der Waals surface area contributed by atoms with E-state index in [4.69, 9.17) is 9.15 Å². The molecule has 1 aliphatic heterocycles. The highest BCUT2D eigenvalue weighted by molar-refractivity contribution is 5.94. The molecule has 3 N–H and O–H groups in total. The zero-order valence-electron chi connectivity index (χ0n) is 20.1. The van der Waals surface area contributed by atoms with Gasteiger partial charge in [-0.3, -0.25) is 14.4 Å². The Morgan fingerprint density at radius 1 is 1.08 bits per heavy atom. The molecule has 0 saturated carbocycles. The van der Waals surface area contributed by atoms with E-state index in [1.165, 1.54) is 14.0 Å². The number of carbonyl (C=O) groups is 4. The van der Waals surface area contributed by atoms with Crippen LogP contribution >= 0.6 is 0 Å². The molecule has 1 aliphatic rings. The number of fused-ring (bicyclic) bond motifs is 1. The van der Waals surface area contributed by atoms with Crippen LogP contribution in [0.25, 0.3) is 11.1 Å². The Morgan fingerprint density at radius 2 is 1.86 bits per heavy atom. The summed E-state index contributed by atoms with van der Waals surface area (Å²) in [5.74, 6) is -1.70. The van der Waals surface area contributed by atoms with Gasteiger partial charge in [0.2, 0.25) is 17.7 Å². The molecule has 2 heterocycles. The molecule has 3 amide bonds. The fourth-order valence-electron chi connectivity index (χ4n) is 4.26. The van der Waals surface area contributed by atoms with Crippen LogP contribution in [0.2, 0.25) is 0 Å². The molecule has 10 heteroatoms. The minimum atomic E-state index is -0.994. The van der Waals surface area contributed by atoms with Crippen LogP contribution in [0.1, 0.15) is 30.4 Å². The topological polar surface area (TPSA) is 140 Å². The number of oxazole rings is 1. The summed E-state index contributed by atoms with van der Waals surface area (Å²) >= 11 is 0. The van der Waals surface area contributed by atoms with Gasteiger partial charge in [-0.1, -0.05) is 42.5 Å².